The summed E-state index contributed by atoms with van der Waals surface area (Å²) in [5.41, 5.74) is 2.66. The van der Waals surface area contributed by atoms with Crippen molar-refractivity contribution < 1.29 is 4.79 Å². The summed E-state index contributed by atoms with van der Waals surface area (Å²) >= 11 is 6.21. The SMILES string of the molecule is CCNCC(=O)c1c(C)n(C)c2c(Cl)cccc12. The molecule has 1 aromatic heterocycles. The lowest BCUT2D eigenvalue weighted by atomic mass is 10.1. The van der Waals surface area contributed by atoms with E-state index in [9.17, 15) is 4.79 Å². The maximum atomic E-state index is 12.2. The van der Waals surface area contributed by atoms with E-state index in [2.05, 4.69) is 5.32 Å². The first-order valence-electron chi connectivity index (χ1n) is 6.05. The van der Waals surface area contributed by atoms with Gasteiger partial charge in [0.05, 0.1) is 17.1 Å². The van der Waals surface area contributed by atoms with Gasteiger partial charge in [-0.2, -0.15) is 0 Å². The predicted octanol–water partition coefficient (Wildman–Crippen LogP) is 2.93. The standard InChI is InChI=1S/C14H17ClN2O/c1-4-16-8-12(18)13-9(2)17(3)14-10(13)6-5-7-11(14)15/h5-7,16H,4,8H2,1-3H3. The number of para-hydroxylation sites is 1. The average molecular weight is 265 g/mol. The number of ketones is 1. The number of likely N-dealkylation sites (N-methyl/N-ethyl adjacent to an activating group) is 1. The molecule has 4 heteroatoms. The molecule has 0 unspecified atom stereocenters. The molecule has 0 saturated heterocycles. The Morgan fingerprint density at radius 2 is 2.17 bits per heavy atom. The van der Waals surface area contributed by atoms with E-state index in [-0.39, 0.29) is 5.78 Å². The fourth-order valence-corrected chi connectivity index (χ4v) is 2.57. The number of halogens is 1. The molecule has 1 aromatic carbocycles. The highest BCUT2D eigenvalue weighted by Gasteiger charge is 2.19. The van der Waals surface area contributed by atoms with Crippen molar-refractivity contribution in [1.29, 1.82) is 0 Å². The van der Waals surface area contributed by atoms with Crippen LogP contribution in [-0.4, -0.2) is 23.4 Å². The minimum Gasteiger partial charge on any atom is -0.346 e. The van der Waals surface area contributed by atoms with Gasteiger partial charge in [-0.3, -0.25) is 4.79 Å². The van der Waals surface area contributed by atoms with Crippen molar-refractivity contribution in [3.63, 3.8) is 0 Å². The number of Topliss-reactive ketones (excluding diaryl/α,β-unsaturated/α-hetero) is 1. The van der Waals surface area contributed by atoms with Gasteiger partial charge in [-0.25, -0.2) is 0 Å². The van der Waals surface area contributed by atoms with E-state index in [0.29, 0.717) is 11.6 Å². The first-order chi connectivity index (χ1) is 8.57. The molecule has 0 aliphatic carbocycles. The van der Waals surface area contributed by atoms with E-state index in [1.807, 2.05) is 43.7 Å². The van der Waals surface area contributed by atoms with E-state index in [1.54, 1.807) is 0 Å². The van der Waals surface area contributed by atoms with E-state index < -0.39 is 0 Å². The molecule has 0 amide bonds. The van der Waals surface area contributed by atoms with Crippen LogP contribution in [0.1, 0.15) is 23.0 Å². The molecule has 1 heterocycles. The summed E-state index contributed by atoms with van der Waals surface area (Å²) in [6.07, 6.45) is 0. The monoisotopic (exact) mass is 264 g/mol. The molecule has 2 rings (SSSR count). The van der Waals surface area contributed by atoms with Crippen molar-refractivity contribution >= 4 is 28.3 Å². The lowest BCUT2D eigenvalue weighted by Crippen LogP contribution is -2.23. The van der Waals surface area contributed by atoms with Crippen LogP contribution >= 0.6 is 11.6 Å². The first-order valence-corrected chi connectivity index (χ1v) is 6.43. The predicted molar refractivity (Wildman–Crippen MR) is 75.5 cm³/mol. The van der Waals surface area contributed by atoms with E-state index >= 15 is 0 Å². The van der Waals surface area contributed by atoms with Gasteiger partial charge in [0.1, 0.15) is 0 Å². The second-order valence-corrected chi connectivity index (χ2v) is 4.77. The molecule has 18 heavy (non-hydrogen) atoms. The summed E-state index contributed by atoms with van der Waals surface area (Å²) in [5.74, 6) is 0.113. The molecule has 2 aromatic rings. The molecule has 96 valence electrons. The van der Waals surface area contributed by atoms with Gasteiger partial charge < -0.3 is 9.88 Å². The quantitative estimate of drug-likeness (QED) is 0.862. The molecule has 0 fully saturated rings. The number of aromatic nitrogens is 1. The Bertz CT molecular complexity index is 601. The van der Waals surface area contributed by atoms with Gasteiger partial charge in [0.25, 0.3) is 0 Å². The highest BCUT2D eigenvalue weighted by atomic mass is 35.5. The van der Waals surface area contributed by atoms with Crippen molar-refractivity contribution in [2.75, 3.05) is 13.1 Å². The molecule has 0 aliphatic rings. The number of nitrogens with one attached hydrogen (secondary N) is 1. The molecule has 0 radical (unpaired) electrons. The third-order valence-electron chi connectivity index (χ3n) is 3.27. The van der Waals surface area contributed by atoms with E-state index in [4.69, 9.17) is 11.6 Å². The molecule has 3 nitrogen and oxygen atoms in total. The van der Waals surface area contributed by atoms with E-state index in [0.717, 1.165) is 28.7 Å². The van der Waals surface area contributed by atoms with E-state index in [1.165, 1.54) is 0 Å². The van der Waals surface area contributed by atoms with Crippen molar-refractivity contribution in [2.24, 2.45) is 7.05 Å². The highest BCUT2D eigenvalue weighted by molar-refractivity contribution is 6.35. The Morgan fingerprint density at radius 1 is 1.44 bits per heavy atom. The van der Waals surface area contributed by atoms with Crippen LogP contribution in [0.15, 0.2) is 18.2 Å². The summed E-state index contributed by atoms with van der Waals surface area (Å²) in [6.45, 7) is 5.09. The van der Waals surface area contributed by atoms with Gasteiger partial charge in [-0.05, 0) is 19.5 Å². The number of aryl methyl sites for hydroxylation is 1. The zero-order valence-corrected chi connectivity index (χ0v) is 11.6. The number of hydrogen-bond acceptors (Lipinski definition) is 2. The van der Waals surface area contributed by atoms with Crippen molar-refractivity contribution in [2.45, 2.75) is 13.8 Å². The Hall–Kier alpha value is -1.32. The van der Waals surface area contributed by atoms with Gasteiger partial charge in [-0.15, -0.1) is 0 Å². The molecule has 0 aliphatic heterocycles. The summed E-state index contributed by atoms with van der Waals surface area (Å²) < 4.78 is 1.98. The molecule has 0 atom stereocenters. The normalized spacial score (nSPS) is 11.1. The number of carbonyl (C=O) groups excluding carboxylic acids is 1. The smallest absolute Gasteiger partial charge is 0.179 e. The number of rotatable bonds is 4. The number of hydrogen-bond donors (Lipinski definition) is 1. The fraction of sp³-hybridized carbons (Fsp3) is 0.357. The molecule has 1 N–H and O–H groups in total. The number of benzene rings is 1. The maximum absolute atomic E-state index is 12.2. The Labute approximate surface area is 112 Å². The Kier molecular flexibility index (Phi) is 3.73. The molecular weight excluding hydrogens is 248 g/mol. The van der Waals surface area contributed by atoms with Gasteiger partial charge in [0.15, 0.2) is 5.78 Å². The fourth-order valence-electron chi connectivity index (χ4n) is 2.27. The second-order valence-electron chi connectivity index (χ2n) is 4.36. The van der Waals surface area contributed by atoms with Crippen LogP contribution in [0.4, 0.5) is 0 Å². The molecule has 0 spiro atoms. The lowest BCUT2D eigenvalue weighted by Gasteiger charge is -2.02. The number of fused-ring (bicyclic) bond motifs is 1. The van der Waals surface area contributed by atoms with Crippen LogP contribution in [0.3, 0.4) is 0 Å². The highest BCUT2D eigenvalue weighted by Crippen LogP contribution is 2.30. The van der Waals surface area contributed by atoms with Crippen molar-refractivity contribution in [3.05, 3.63) is 34.5 Å². The van der Waals surface area contributed by atoms with Crippen molar-refractivity contribution in [1.82, 2.24) is 9.88 Å². The molecular formula is C14H17ClN2O. The van der Waals surface area contributed by atoms with Gasteiger partial charge in [0, 0.05) is 23.7 Å². The van der Waals surface area contributed by atoms with Crippen LogP contribution in [0, 0.1) is 6.92 Å². The average Bonchev–Trinajstić information content (AvgIpc) is 2.60. The lowest BCUT2D eigenvalue weighted by molar-refractivity contribution is 0.0992. The molecule has 0 saturated carbocycles. The van der Waals surface area contributed by atoms with Gasteiger partial charge >= 0.3 is 0 Å². The number of nitrogens with zero attached hydrogens (tertiary/aromatic N) is 1. The second kappa shape index (κ2) is 5.12. The van der Waals surface area contributed by atoms with Crippen LogP contribution in [0.2, 0.25) is 5.02 Å². The largest absolute Gasteiger partial charge is 0.346 e. The zero-order chi connectivity index (χ0) is 13.3. The van der Waals surface area contributed by atoms with Crippen molar-refractivity contribution in [3.8, 4) is 0 Å². The third-order valence-corrected chi connectivity index (χ3v) is 3.58. The minimum absolute atomic E-state index is 0.113. The Balaban J connectivity index is 2.61. The topological polar surface area (TPSA) is 34.0 Å². The number of carbonyl (C=O) groups is 1. The van der Waals surface area contributed by atoms with Gasteiger partial charge in [0.2, 0.25) is 0 Å². The Morgan fingerprint density at radius 3 is 2.83 bits per heavy atom. The summed E-state index contributed by atoms with van der Waals surface area (Å²) in [6, 6.07) is 5.68. The van der Waals surface area contributed by atoms with Crippen LogP contribution in [0.25, 0.3) is 10.9 Å². The van der Waals surface area contributed by atoms with Crippen LogP contribution < -0.4 is 5.32 Å². The molecule has 0 bridgehead atoms. The first kappa shape index (κ1) is 13.1. The van der Waals surface area contributed by atoms with Crippen LogP contribution in [-0.2, 0) is 7.05 Å². The minimum atomic E-state index is 0.113. The maximum Gasteiger partial charge on any atom is 0.179 e. The third kappa shape index (κ3) is 2.04. The zero-order valence-electron chi connectivity index (χ0n) is 10.9. The van der Waals surface area contributed by atoms with Gasteiger partial charge in [-0.1, -0.05) is 30.7 Å². The summed E-state index contributed by atoms with van der Waals surface area (Å²) in [5, 5.41) is 4.69. The summed E-state index contributed by atoms with van der Waals surface area (Å²) in [7, 11) is 1.94. The van der Waals surface area contributed by atoms with Crippen LogP contribution in [0.5, 0.6) is 0 Å². The summed E-state index contributed by atoms with van der Waals surface area (Å²) in [4.78, 5) is 12.2.